The number of hydrogen-bond donors (Lipinski definition) is 0. The summed E-state index contributed by atoms with van der Waals surface area (Å²) in [4.78, 5) is 17.1. The van der Waals surface area contributed by atoms with Gasteiger partial charge in [-0.25, -0.2) is 0 Å². The number of rotatable bonds is 4. The first-order valence-electron chi connectivity index (χ1n) is 10.7. The quantitative estimate of drug-likeness (QED) is 0.665. The molecule has 1 spiro atoms. The molecular weight excluding hydrogens is 405 g/mol. The molecular formula is C24H27F3N2O2. The maximum Gasteiger partial charge on any atom is 0.573 e. The molecule has 1 atom stereocenters. The third-order valence-electron chi connectivity index (χ3n) is 6.68. The van der Waals surface area contributed by atoms with Crippen molar-refractivity contribution in [2.45, 2.75) is 38.5 Å². The number of nitrogens with zero attached hydrogens (tertiary/aromatic N) is 2. The fourth-order valence-corrected chi connectivity index (χ4v) is 4.78. The second kappa shape index (κ2) is 8.44. The van der Waals surface area contributed by atoms with Crippen LogP contribution in [0.25, 0.3) is 0 Å². The summed E-state index contributed by atoms with van der Waals surface area (Å²) in [6.07, 6.45) is -1.75. The van der Waals surface area contributed by atoms with Gasteiger partial charge in [0, 0.05) is 31.9 Å². The van der Waals surface area contributed by atoms with Gasteiger partial charge in [0.1, 0.15) is 5.75 Å². The Bertz CT molecular complexity index is 891. The summed E-state index contributed by atoms with van der Waals surface area (Å²) in [6.45, 7) is 5.20. The van der Waals surface area contributed by atoms with Gasteiger partial charge in [-0.2, -0.15) is 0 Å². The Balaban J connectivity index is 1.33. The fraction of sp³-hybridized carbons (Fsp3) is 0.458. The highest BCUT2D eigenvalue weighted by molar-refractivity contribution is 5.83. The van der Waals surface area contributed by atoms with Gasteiger partial charge in [0.05, 0.1) is 5.92 Å². The molecule has 2 saturated heterocycles. The summed E-state index contributed by atoms with van der Waals surface area (Å²) in [5.41, 5.74) is 2.11. The molecule has 2 fully saturated rings. The monoisotopic (exact) mass is 432 g/mol. The highest BCUT2D eigenvalue weighted by atomic mass is 19.4. The van der Waals surface area contributed by atoms with Gasteiger partial charge in [-0.3, -0.25) is 4.79 Å². The number of likely N-dealkylation sites (tertiary alicyclic amines) is 1. The van der Waals surface area contributed by atoms with E-state index in [4.69, 9.17) is 0 Å². The molecule has 0 aliphatic carbocycles. The Kier molecular flexibility index (Phi) is 5.86. The minimum absolute atomic E-state index is 0.146. The Morgan fingerprint density at radius 2 is 1.58 bits per heavy atom. The second-order valence-electron chi connectivity index (χ2n) is 8.67. The van der Waals surface area contributed by atoms with Crippen LogP contribution in [0.5, 0.6) is 5.75 Å². The molecule has 7 heteroatoms. The second-order valence-corrected chi connectivity index (χ2v) is 8.67. The first-order valence-corrected chi connectivity index (χ1v) is 10.7. The van der Waals surface area contributed by atoms with E-state index in [1.54, 1.807) is 12.1 Å². The van der Waals surface area contributed by atoms with E-state index < -0.39 is 6.36 Å². The third kappa shape index (κ3) is 4.97. The van der Waals surface area contributed by atoms with Crippen molar-refractivity contribution < 1.29 is 22.7 Å². The highest BCUT2D eigenvalue weighted by Crippen LogP contribution is 2.42. The molecule has 0 aromatic heterocycles. The van der Waals surface area contributed by atoms with E-state index in [0.29, 0.717) is 0 Å². The van der Waals surface area contributed by atoms with Crippen LogP contribution < -0.4 is 9.64 Å². The minimum Gasteiger partial charge on any atom is -0.406 e. The lowest BCUT2D eigenvalue weighted by molar-refractivity contribution is -0.274. The van der Waals surface area contributed by atoms with E-state index >= 15 is 0 Å². The number of piperidine rings is 1. The summed E-state index contributed by atoms with van der Waals surface area (Å²) >= 11 is 0. The van der Waals surface area contributed by atoms with E-state index in [9.17, 15) is 18.0 Å². The van der Waals surface area contributed by atoms with Crippen LogP contribution in [-0.4, -0.2) is 43.3 Å². The van der Waals surface area contributed by atoms with E-state index in [-0.39, 0.29) is 23.0 Å². The number of amides is 1. The summed E-state index contributed by atoms with van der Waals surface area (Å²) in [7, 11) is 0. The predicted molar refractivity (Wildman–Crippen MR) is 113 cm³/mol. The van der Waals surface area contributed by atoms with Gasteiger partial charge in [-0.05, 0) is 61.4 Å². The number of carbonyl (C=O) groups is 1. The summed E-state index contributed by atoms with van der Waals surface area (Å²) in [5.74, 6) is -0.173. The Labute approximate surface area is 180 Å². The van der Waals surface area contributed by atoms with Crippen LogP contribution in [0.3, 0.4) is 0 Å². The Morgan fingerprint density at radius 1 is 0.968 bits per heavy atom. The molecule has 0 saturated carbocycles. The van der Waals surface area contributed by atoms with E-state index in [0.717, 1.165) is 56.7 Å². The van der Waals surface area contributed by atoms with Gasteiger partial charge in [-0.15, -0.1) is 13.2 Å². The number of halogens is 3. The molecule has 2 aliphatic rings. The van der Waals surface area contributed by atoms with Crippen molar-refractivity contribution in [3.05, 3.63) is 60.2 Å². The van der Waals surface area contributed by atoms with E-state index in [1.807, 2.05) is 42.2 Å². The normalized spacial score (nSPS) is 19.5. The number of carbonyl (C=O) groups excluding carboxylic acids is 1. The molecule has 2 aromatic carbocycles. The standard InChI is InChI=1S/C24H27F3N2O2/c1-18(19-5-3-2-4-6-19)22(30)28-14-11-23(12-15-28)13-16-29(17-23)20-7-9-21(10-8-20)31-24(25,26)27/h2-10,18H,11-17H2,1H3. The smallest absolute Gasteiger partial charge is 0.406 e. The molecule has 2 heterocycles. The largest absolute Gasteiger partial charge is 0.573 e. The zero-order chi connectivity index (χ0) is 22.1. The first-order chi connectivity index (χ1) is 14.7. The SMILES string of the molecule is CC(C(=O)N1CCC2(CC1)CCN(c1ccc(OC(F)(F)F)cc1)C2)c1ccccc1. The minimum atomic E-state index is -4.68. The van der Waals surface area contributed by atoms with E-state index in [1.165, 1.54) is 12.1 Å². The summed E-state index contributed by atoms with van der Waals surface area (Å²) < 4.78 is 41.0. The van der Waals surface area contributed by atoms with Crippen LogP contribution >= 0.6 is 0 Å². The Morgan fingerprint density at radius 3 is 2.19 bits per heavy atom. The molecule has 2 aromatic rings. The van der Waals surface area contributed by atoms with Crippen LogP contribution in [-0.2, 0) is 4.79 Å². The maximum absolute atomic E-state index is 12.9. The molecule has 2 aliphatic heterocycles. The lowest BCUT2D eigenvalue weighted by Crippen LogP contribution is -2.45. The first kappa shape index (κ1) is 21.5. The maximum atomic E-state index is 12.9. The zero-order valence-electron chi connectivity index (χ0n) is 17.6. The van der Waals surface area contributed by atoms with Gasteiger partial charge in [0.15, 0.2) is 0 Å². The predicted octanol–water partition coefficient (Wildman–Crippen LogP) is 5.21. The van der Waals surface area contributed by atoms with Crippen molar-refractivity contribution in [1.29, 1.82) is 0 Å². The van der Waals surface area contributed by atoms with Crippen LogP contribution in [0.1, 0.15) is 37.7 Å². The number of ether oxygens (including phenoxy) is 1. The van der Waals surface area contributed by atoms with Crippen molar-refractivity contribution in [2.75, 3.05) is 31.1 Å². The number of hydrogen-bond acceptors (Lipinski definition) is 3. The average Bonchev–Trinajstić information content (AvgIpc) is 3.17. The van der Waals surface area contributed by atoms with Crippen molar-refractivity contribution in [3.8, 4) is 5.75 Å². The van der Waals surface area contributed by atoms with E-state index in [2.05, 4.69) is 9.64 Å². The molecule has 4 nitrogen and oxygen atoms in total. The molecule has 1 amide bonds. The fourth-order valence-electron chi connectivity index (χ4n) is 4.78. The lowest BCUT2D eigenvalue weighted by atomic mass is 9.77. The Hall–Kier alpha value is -2.70. The van der Waals surface area contributed by atoms with Crippen molar-refractivity contribution in [3.63, 3.8) is 0 Å². The lowest BCUT2D eigenvalue weighted by Gasteiger charge is -2.40. The zero-order valence-corrected chi connectivity index (χ0v) is 17.6. The van der Waals surface area contributed by atoms with Gasteiger partial charge >= 0.3 is 6.36 Å². The molecule has 0 bridgehead atoms. The molecule has 31 heavy (non-hydrogen) atoms. The van der Waals surface area contributed by atoms with Crippen LogP contribution in [0.15, 0.2) is 54.6 Å². The molecule has 0 N–H and O–H groups in total. The van der Waals surface area contributed by atoms with Gasteiger partial charge in [0.25, 0.3) is 0 Å². The number of alkyl halides is 3. The molecule has 4 rings (SSSR count). The summed E-state index contributed by atoms with van der Waals surface area (Å²) in [5, 5.41) is 0. The van der Waals surface area contributed by atoms with Gasteiger partial charge in [0.2, 0.25) is 5.91 Å². The van der Waals surface area contributed by atoms with Crippen LogP contribution in [0.4, 0.5) is 18.9 Å². The number of anilines is 1. The van der Waals surface area contributed by atoms with Gasteiger partial charge in [-0.1, -0.05) is 30.3 Å². The molecule has 166 valence electrons. The topological polar surface area (TPSA) is 32.8 Å². The third-order valence-corrected chi connectivity index (χ3v) is 6.68. The molecule has 1 unspecified atom stereocenters. The molecule has 0 radical (unpaired) electrons. The van der Waals surface area contributed by atoms with Gasteiger partial charge < -0.3 is 14.5 Å². The highest BCUT2D eigenvalue weighted by Gasteiger charge is 2.42. The van der Waals surface area contributed by atoms with Crippen LogP contribution in [0, 0.1) is 5.41 Å². The van der Waals surface area contributed by atoms with Crippen molar-refractivity contribution >= 4 is 11.6 Å². The summed E-state index contributed by atoms with van der Waals surface area (Å²) in [6, 6.07) is 15.9. The van der Waals surface area contributed by atoms with Crippen LogP contribution in [0.2, 0.25) is 0 Å². The van der Waals surface area contributed by atoms with Crippen molar-refractivity contribution in [2.24, 2.45) is 5.41 Å². The average molecular weight is 432 g/mol. The number of benzene rings is 2. The van der Waals surface area contributed by atoms with Crippen molar-refractivity contribution in [1.82, 2.24) is 4.90 Å².